The topological polar surface area (TPSA) is 58.2 Å². The van der Waals surface area contributed by atoms with Gasteiger partial charge < -0.3 is 14.5 Å². The van der Waals surface area contributed by atoms with E-state index in [0.29, 0.717) is 37.6 Å². The van der Waals surface area contributed by atoms with Crippen molar-refractivity contribution in [2.45, 2.75) is 19.6 Å². The zero-order chi connectivity index (χ0) is 30.2. The van der Waals surface area contributed by atoms with E-state index >= 15 is 0 Å². The smallest absolute Gasteiger partial charge is 0.259 e. The third kappa shape index (κ3) is 5.03. The first-order chi connectivity index (χ1) is 21.5. The Morgan fingerprint density at radius 1 is 0.909 bits per heavy atom. The van der Waals surface area contributed by atoms with Crippen molar-refractivity contribution in [1.29, 1.82) is 0 Å². The first-order valence-electron chi connectivity index (χ1n) is 14.7. The number of anilines is 2. The largest absolute Gasteiger partial charge is 0.497 e. The molecule has 9 heteroatoms. The molecule has 0 unspecified atom stereocenters. The molecule has 44 heavy (non-hydrogen) atoms. The molecule has 1 aromatic heterocycles. The molecule has 2 aliphatic rings. The second-order valence-electron chi connectivity index (χ2n) is 11.2. The van der Waals surface area contributed by atoms with Gasteiger partial charge in [-0.1, -0.05) is 36.4 Å². The Kier molecular flexibility index (Phi) is 7.20. The van der Waals surface area contributed by atoms with Crippen LogP contribution < -0.4 is 14.5 Å². The third-order valence-electron chi connectivity index (χ3n) is 8.66. The Morgan fingerprint density at radius 2 is 1.70 bits per heavy atom. The van der Waals surface area contributed by atoms with Gasteiger partial charge in [0.2, 0.25) is 0 Å². The summed E-state index contributed by atoms with van der Waals surface area (Å²) in [5.41, 5.74) is 5.77. The molecule has 2 aliphatic heterocycles. The summed E-state index contributed by atoms with van der Waals surface area (Å²) in [6, 6.07) is 24.7. The number of methoxy groups -OCH3 is 1. The highest BCUT2D eigenvalue weighted by atomic mass is 19.1. The van der Waals surface area contributed by atoms with Crippen LogP contribution in [0, 0.1) is 12.4 Å². The summed E-state index contributed by atoms with van der Waals surface area (Å²) in [7, 11) is 1.64. The van der Waals surface area contributed by atoms with E-state index < -0.39 is 0 Å². The summed E-state index contributed by atoms with van der Waals surface area (Å²) in [6.45, 7) is 11.9. The molecule has 220 valence electrons. The van der Waals surface area contributed by atoms with Crippen molar-refractivity contribution in [3.05, 3.63) is 125 Å². The number of amides is 1. The van der Waals surface area contributed by atoms with E-state index in [1.165, 1.54) is 6.07 Å². The predicted molar refractivity (Wildman–Crippen MR) is 169 cm³/mol. The minimum Gasteiger partial charge on any atom is -0.497 e. The van der Waals surface area contributed by atoms with Crippen LogP contribution in [-0.4, -0.2) is 53.9 Å². The Bertz CT molecular complexity index is 1900. The van der Waals surface area contributed by atoms with Crippen molar-refractivity contribution >= 4 is 33.7 Å². The van der Waals surface area contributed by atoms with E-state index in [-0.39, 0.29) is 11.7 Å². The van der Waals surface area contributed by atoms with Crippen LogP contribution in [0.1, 0.15) is 27.2 Å². The maximum Gasteiger partial charge on any atom is 0.259 e. The molecule has 1 saturated heterocycles. The monoisotopic (exact) mass is 586 g/mol. The van der Waals surface area contributed by atoms with Crippen molar-refractivity contribution in [3.63, 3.8) is 0 Å². The maximum atomic E-state index is 14.6. The van der Waals surface area contributed by atoms with Gasteiger partial charge in [0.25, 0.3) is 5.91 Å². The van der Waals surface area contributed by atoms with Crippen molar-refractivity contribution in [3.8, 4) is 5.75 Å². The van der Waals surface area contributed by atoms with Gasteiger partial charge in [-0.15, -0.1) is 0 Å². The van der Waals surface area contributed by atoms with Gasteiger partial charge in [-0.05, 0) is 59.0 Å². The van der Waals surface area contributed by atoms with Crippen molar-refractivity contribution in [1.82, 2.24) is 14.7 Å². The number of hydrogen-bond donors (Lipinski definition) is 0. The number of carbonyl (C=O) groups excluding carboxylic acids is 1. The molecule has 0 spiro atoms. The number of aromatic nitrogens is 2. The molecular weight excluding hydrogens is 555 g/mol. The van der Waals surface area contributed by atoms with E-state index in [1.54, 1.807) is 19.2 Å². The van der Waals surface area contributed by atoms with Gasteiger partial charge in [0, 0.05) is 49.9 Å². The zero-order valence-corrected chi connectivity index (χ0v) is 24.4. The number of halogens is 1. The van der Waals surface area contributed by atoms with Gasteiger partial charge in [0.15, 0.2) is 5.69 Å². The SMILES string of the molecule is [C-]#[N+]c1ccc(N2CCN(Cc3ccnn3Cc3ccc4c5c(cccc35)C(=O)N4Cc3ccc(OC)cc3)CC2)c(F)c1. The predicted octanol–water partition coefficient (Wildman–Crippen LogP) is 6.27. The van der Waals surface area contributed by atoms with Crippen LogP contribution in [-0.2, 0) is 19.6 Å². The molecule has 0 radical (unpaired) electrons. The van der Waals surface area contributed by atoms with Crippen molar-refractivity contribution in [2.75, 3.05) is 43.1 Å². The first-order valence-corrected chi connectivity index (χ1v) is 14.7. The minimum atomic E-state index is -0.346. The lowest BCUT2D eigenvalue weighted by molar-refractivity contribution is 0.0991. The molecule has 5 aromatic rings. The lowest BCUT2D eigenvalue weighted by Crippen LogP contribution is -2.46. The Morgan fingerprint density at radius 3 is 2.45 bits per heavy atom. The van der Waals surface area contributed by atoms with E-state index in [9.17, 15) is 9.18 Å². The molecule has 0 aliphatic carbocycles. The lowest BCUT2D eigenvalue weighted by atomic mass is 10.0. The molecule has 1 fully saturated rings. The van der Waals surface area contributed by atoms with Gasteiger partial charge in [0.1, 0.15) is 11.6 Å². The highest BCUT2D eigenvalue weighted by molar-refractivity contribution is 6.25. The molecule has 0 N–H and O–H groups in total. The normalized spacial score (nSPS) is 14.8. The number of rotatable bonds is 8. The molecule has 0 saturated carbocycles. The van der Waals surface area contributed by atoms with E-state index in [1.807, 2.05) is 57.1 Å². The summed E-state index contributed by atoms with van der Waals surface area (Å²) < 4.78 is 21.9. The van der Waals surface area contributed by atoms with Gasteiger partial charge in [-0.3, -0.25) is 14.4 Å². The molecule has 8 nitrogen and oxygen atoms in total. The second kappa shape index (κ2) is 11.5. The van der Waals surface area contributed by atoms with E-state index in [2.05, 4.69) is 39.1 Å². The number of benzene rings is 4. The summed E-state index contributed by atoms with van der Waals surface area (Å²) in [5.74, 6) is 0.455. The summed E-state index contributed by atoms with van der Waals surface area (Å²) in [4.78, 5) is 23.1. The molecule has 7 rings (SSSR count). The summed E-state index contributed by atoms with van der Waals surface area (Å²) in [6.07, 6.45) is 1.83. The highest BCUT2D eigenvalue weighted by Gasteiger charge is 2.30. The Hall–Kier alpha value is -5.20. The van der Waals surface area contributed by atoms with Crippen LogP contribution >= 0.6 is 0 Å². The van der Waals surface area contributed by atoms with Crippen LogP contribution in [0.2, 0.25) is 0 Å². The van der Waals surface area contributed by atoms with Crippen LogP contribution in [0.3, 0.4) is 0 Å². The molecule has 3 heterocycles. The van der Waals surface area contributed by atoms with Crippen LogP contribution in [0.5, 0.6) is 5.75 Å². The Balaban J connectivity index is 1.07. The Labute approximate surface area is 255 Å². The number of carbonyl (C=O) groups is 1. The molecule has 1 amide bonds. The quantitative estimate of drug-likeness (QED) is 0.201. The first kappa shape index (κ1) is 27.6. The van der Waals surface area contributed by atoms with Gasteiger partial charge >= 0.3 is 0 Å². The number of hydrogen-bond acceptors (Lipinski definition) is 5. The summed E-state index contributed by atoms with van der Waals surface area (Å²) in [5, 5.41) is 6.71. The van der Waals surface area contributed by atoms with E-state index in [0.717, 1.165) is 64.2 Å². The van der Waals surface area contributed by atoms with Crippen LogP contribution in [0.25, 0.3) is 15.6 Å². The third-order valence-corrected chi connectivity index (χ3v) is 8.66. The molecule has 0 atom stereocenters. The van der Waals surface area contributed by atoms with Crippen molar-refractivity contribution in [2.24, 2.45) is 0 Å². The summed E-state index contributed by atoms with van der Waals surface area (Å²) >= 11 is 0. The highest BCUT2D eigenvalue weighted by Crippen LogP contribution is 2.40. The molecule has 4 aromatic carbocycles. The average Bonchev–Trinajstić information content (AvgIpc) is 3.61. The standard InChI is InChI=1S/C35H31FN6O2/c1-37-26-9-13-32(31(36)20-26)40-18-16-39(17-19-40)23-27-14-15-38-42(27)22-25-8-12-33-34-29(25)4-3-5-30(34)35(43)41(33)21-24-6-10-28(44-2)11-7-24/h3-15,20H,16-19,21-23H2,2H3. The van der Waals surface area contributed by atoms with Gasteiger partial charge in [0.05, 0.1) is 43.8 Å². The molecule has 0 bridgehead atoms. The van der Waals surface area contributed by atoms with E-state index in [4.69, 9.17) is 11.3 Å². The second-order valence-corrected chi connectivity index (χ2v) is 11.2. The van der Waals surface area contributed by atoms with Crippen LogP contribution in [0.4, 0.5) is 21.5 Å². The fourth-order valence-corrected chi connectivity index (χ4v) is 6.31. The minimum absolute atomic E-state index is 0.0136. The fourth-order valence-electron chi connectivity index (χ4n) is 6.31. The average molecular weight is 587 g/mol. The van der Waals surface area contributed by atoms with Gasteiger partial charge in [-0.2, -0.15) is 5.10 Å². The van der Waals surface area contributed by atoms with Crippen molar-refractivity contribution < 1.29 is 13.9 Å². The molecular formula is C35H31FN6O2. The lowest BCUT2D eigenvalue weighted by Gasteiger charge is -2.36. The fraction of sp³-hybridized carbons (Fsp3) is 0.229. The number of nitrogens with zero attached hydrogens (tertiary/aromatic N) is 6. The maximum absolute atomic E-state index is 14.6. The number of piperazine rings is 1. The zero-order valence-electron chi connectivity index (χ0n) is 24.4. The van der Waals surface area contributed by atoms with Gasteiger partial charge in [-0.25, -0.2) is 9.24 Å². The van der Waals surface area contributed by atoms with Crippen LogP contribution in [0.15, 0.2) is 85.1 Å². The number of ether oxygens (including phenoxy) is 1.